The standard InChI is InChI=1S/C53H61N5O9S2/c1-34(69(5)68)31-56(14-15-64-18-19-65-17-16-61-2)39-21-35(32-66-50-27-44-42(25-48(50)62-3)52(59)57-40(29-54-44)23-37-10-6-8-12-46(37)57)20-36(22-39)33-67-51-28-45-43(26-49(51)63-4)53(60)58-41(30-55-45)24-38-11-7-9-13-47(38)58/h6-13,20-22,25-28,34,40-41,54-55H,14-19,23-24,29-33H2,1-5H3/t34-,40-,41-,69?/m0/s1. The van der Waals surface area contributed by atoms with Gasteiger partial charge < -0.3 is 58.5 Å². The third kappa shape index (κ3) is 10.5. The minimum absolute atomic E-state index is 0.00377. The molecule has 69 heavy (non-hydrogen) atoms. The lowest BCUT2D eigenvalue weighted by atomic mass is 10.1. The molecule has 2 amide bonds. The van der Waals surface area contributed by atoms with Crippen LogP contribution in [0.3, 0.4) is 0 Å². The second-order valence-electron chi connectivity index (χ2n) is 17.7. The fourth-order valence-electron chi connectivity index (χ4n) is 9.62. The molecular weight excluding hydrogens is 915 g/mol. The Morgan fingerprint density at radius 2 is 1.16 bits per heavy atom. The molecule has 2 N–H and O–H groups in total. The van der Waals surface area contributed by atoms with Crippen LogP contribution in [-0.4, -0.2) is 116 Å². The third-order valence-corrected chi connectivity index (χ3v) is 15.5. The Morgan fingerprint density at radius 1 is 0.667 bits per heavy atom. The van der Waals surface area contributed by atoms with Gasteiger partial charge in [-0.05, 0) is 83.8 Å². The van der Waals surface area contributed by atoms with Gasteiger partial charge in [-0.15, -0.1) is 9.45 Å². The van der Waals surface area contributed by atoms with Crippen LogP contribution in [0, 0.1) is 0 Å². The Kier molecular flexibility index (Phi) is 15.2. The normalized spacial score (nSPS) is 17.4. The number of amides is 2. The van der Waals surface area contributed by atoms with E-state index in [0.29, 0.717) is 105 Å². The molecule has 0 fully saturated rings. The minimum atomic E-state index is -0.253. The van der Waals surface area contributed by atoms with Crippen LogP contribution < -0.4 is 44.3 Å². The number of rotatable bonds is 21. The van der Waals surface area contributed by atoms with E-state index in [9.17, 15) is 9.59 Å². The Hall–Kier alpha value is -5.91. The smallest absolute Gasteiger partial charge is 0.260 e. The number of hydrogen-bond donors (Lipinski definition) is 2. The average molecular weight is 976 g/mol. The van der Waals surface area contributed by atoms with E-state index in [4.69, 9.17) is 44.3 Å². The summed E-state index contributed by atoms with van der Waals surface area (Å²) in [5.41, 5.74) is 9.44. The molecule has 14 nitrogen and oxygen atoms in total. The summed E-state index contributed by atoms with van der Waals surface area (Å²) in [6.45, 7) is 7.56. The molecule has 0 radical (unpaired) electrons. The number of ether oxygens (including phenoxy) is 7. The molecule has 1 unspecified atom stereocenters. The van der Waals surface area contributed by atoms with Crippen LogP contribution in [0.5, 0.6) is 23.0 Å². The quantitative estimate of drug-likeness (QED) is 0.0707. The fraction of sp³-hybridized carbons (Fsp3) is 0.396. The molecule has 4 atom stereocenters. The van der Waals surface area contributed by atoms with Crippen LogP contribution in [0.25, 0.3) is 0 Å². The maximum Gasteiger partial charge on any atom is 0.260 e. The van der Waals surface area contributed by atoms with Gasteiger partial charge in [0, 0.05) is 67.7 Å². The maximum absolute atomic E-state index is 14.2. The van der Waals surface area contributed by atoms with E-state index in [-0.39, 0.29) is 51.8 Å². The van der Waals surface area contributed by atoms with E-state index in [1.807, 2.05) is 58.3 Å². The molecule has 0 bridgehead atoms. The first kappa shape index (κ1) is 48.1. The molecule has 5 aromatic rings. The Morgan fingerprint density at radius 3 is 1.65 bits per heavy atom. The van der Waals surface area contributed by atoms with Crippen molar-refractivity contribution in [1.82, 2.24) is 0 Å². The van der Waals surface area contributed by atoms with Crippen LogP contribution >= 0.6 is 0 Å². The summed E-state index contributed by atoms with van der Waals surface area (Å²) >= 11 is 5.78. The highest BCUT2D eigenvalue weighted by molar-refractivity contribution is 8.28. The van der Waals surface area contributed by atoms with Crippen LogP contribution in [0.1, 0.15) is 49.9 Å². The molecule has 9 rings (SSSR count). The van der Waals surface area contributed by atoms with Crippen molar-refractivity contribution in [1.29, 1.82) is 0 Å². The molecule has 5 aromatic carbocycles. The van der Waals surface area contributed by atoms with Crippen molar-refractivity contribution in [2.75, 3.05) is 112 Å². The summed E-state index contributed by atoms with van der Waals surface area (Å²) in [5.74, 6) is 1.79. The van der Waals surface area contributed by atoms with Crippen molar-refractivity contribution in [2.45, 2.75) is 50.3 Å². The number of para-hydroxylation sites is 2. The second-order valence-corrected chi connectivity index (χ2v) is 21.1. The molecule has 16 heteroatoms. The monoisotopic (exact) mass is 975 g/mol. The Bertz CT molecular complexity index is 2550. The van der Waals surface area contributed by atoms with Crippen molar-refractivity contribution < 1.29 is 42.7 Å². The van der Waals surface area contributed by atoms with Crippen LogP contribution in [-0.2, 0) is 60.9 Å². The topological polar surface area (TPSA) is 133 Å². The first-order valence-corrected chi connectivity index (χ1v) is 26.1. The molecule has 4 aliphatic rings. The zero-order valence-electron chi connectivity index (χ0n) is 39.9. The summed E-state index contributed by atoms with van der Waals surface area (Å²) in [7, 11) is 4.58. The summed E-state index contributed by atoms with van der Waals surface area (Å²) in [5, 5.41) is 7.31. The van der Waals surface area contributed by atoms with E-state index < -0.39 is 0 Å². The molecule has 0 spiro atoms. The Labute approximate surface area is 411 Å². The van der Waals surface area contributed by atoms with Gasteiger partial charge >= 0.3 is 0 Å². The summed E-state index contributed by atoms with van der Waals surface area (Å²) in [6, 6.07) is 29.8. The molecular formula is C53H61N5O9S2. The predicted octanol–water partition coefficient (Wildman–Crippen LogP) is 7.44. The molecule has 0 saturated carbocycles. The molecule has 0 aliphatic carbocycles. The number of nitrogens with one attached hydrogen (secondary N) is 2. The highest BCUT2D eigenvalue weighted by atomic mass is 32.8. The van der Waals surface area contributed by atoms with Crippen LogP contribution in [0.4, 0.5) is 28.4 Å². The number of carbonyl (C=O) groups excluding carboxylic acids is 2. The van der Waals surface area contributed by atoms with Crippen molar-refractivity contribution in [3.8, 4) is 23.0 Å². The van der Waals surface area contributed by atoms with E-state index in [1.165, 1.54) is 11.1 Å². The van der Waals surface area contributed by atoms with Gasteiger partial charge in [0.05, 0.1) is 81.8 Å². The van der Waals surface area contributed by atoms with Gasteiger partial charge in [-0.1, -0.05) is 54.5 Å². The zero-order chi connectivity index (χ0) is 48.0. The van der Waals surface area contributed by atoms with Crippen LogP contribution in [0.15, 0.2) is 91.0 Å². The Balaban J connectivity index is 0.989. The molecule has 364 valence electrons. The maximum atomic E-state index is 14.2. The molecule has 0 aromatic heterocycles. The van der Waals surface area contributed by atoms with Gasteiger partial charge in [-0.3, -0.25) is 9.59 Å². The summed E-state index contributed by atoms with van der Waals surface area (Å²) in [4.78, 5) is 34.5. The molecule has 4 aliphatic heterocycles. The number of fused-ring (bicyclic) bond motifs is 8. The number of nitrogens with zero attached hydrogens (tertiary/aromatic N) is 3. The lowest BCUT2D eigenvalue weighted by Crippen LogP contribution is -2.39. The van der Waals surface area contributed by atoms with Gasteiger partial charge in [0.15, 0.2) is 23.0 Å². The fourth-order valence-corrected chi connectivity index (χ4v) is 10.2. The SMILES string of the molecule is COCCOCCOCCN(C[C@H](C)S(C)=S)c1cc(COc2cc3c(cc2OC)C(=O)N2c4ccccc4C[C@H]2CN3)cc(COc2cc3c(cc2OC)C(=O)N2c4ccccc4C[C@H]2CN3)c1. The first-order valence-electron chi connectivity index (χ1n) is 23.5. The summed E-state index contributed by atoms with van der Waals surface area (Å²) in [6.07, 6.45) is 3.66. The number of benzene rings is 5. The first-order chi connectivity index (χ1) is 33.6. The van der Waals surface area contributed by atoms with Crippen molar-refractivity contribution in [3.63, 3.8) is 0 Å². The van der Waals surface area contributed by atoms with Gasteiger partial charge in [0.2, 0.25) is 0 Å². The average Bonchev–Trinajstić information content (AvgIpc) is 3.86. The number of hydrogen-bond acceptors (Lipinski definition) is 13. The van der Waals surface area contributed by atoms with Crippen molar-refractivity contribution in [2.24, 2.45) is 0 Å². The third-order valence-electron chi connectivity index (χ3n) is 13.3. The van der Waals surface area contributed by atoms with Gasteiger partial charge in [-0.2, -0.15) is 0 Å². The highest BCUT2D eigenvalue weighted by Gasteiger charge is 2.39. The number of methoxy groups -OCH3 is 3. The number of anilines is 5. The number of carbonyl (C=O) groups is 2. The second kappa shape index (κ2) is 21.8. The van der Waals surface area contributed by atoms with Crippen molar-refractivity contribution >= 4 is 60.9 Å². The lowest BCUT2D eigenvalue weighted by Gasteiger charge is -2.29. The van der Waals surface area contributed by atoms with Crippen molar-refractivity contribution in [3.05, 3.63) is 124 Å². The largest absolute Gasteiger partial charge is 0.493 e. The van der Waals surface area contributed by atoms with E-state index >= 15 is 0 Å². The van der Waals surface area contributed by atoms with Gasteiger partial charge in [0.25, 0.3) is 11.8 Å². The van der Waals surface area contributed by atoms with Gasteiger partial charge in [0.1, 0.15) is 13.2 Å². The predicted molar refractivity (Wildman–Crippen MR) is 275 cm³/mol. The van der Waals surface area contributed by atoms with E-state index in [1.54, 1.807) is 33.5 Å². The minimum Gasteiger partial charge on any atom is -0.493 e. The van der Waals surface area contributed by atoms with E-state index in [0.717, 1.165) is 41.0 Å². The van der Waals surface area contributed by atoms with Crippen LogP contribution in [0.2, 0.25) is 0 Å². The van der Waals surface area contributed by atoms with E-state index in [2.05, 4.69) is 59.0 Å². The molecule has 0 saturated heterocycles. The zero-order valence-corrected chi connectivity index (χ0v) is 41.6. The lowest BCUT2D eigenvalue weighted by molar-refractivity contribution is 0.0264. The summed E-state index contributed by atoms with van der Waals surface area (Å²) < 4.78 is 41.8. The van der Waals surface area contributed by atoms with Gasteiger partial charge in [-0.25, -0.2) is 0 Å². The molecule has 4 heterocycles. The highest BCUT2D eigenvalue weighted by Crippen LogP contribution is 2.43.